The normalized spacial score (nSPS) is 11.2. The molecule has 8 heteroatoms. The lowest BCUT2D eigenvalue weighted by atomic mass is 10.3. The van der Waals surface area contributed by atoms with Crippen molar-refractivity contribution in [1.29, 1.82) is 0 Å². The third kappa shape index (κ3) is 4.83. The molecule has 0 saturated carbocycles. The monoisotopic (exact) mass is 356 g/mol. The summed E-state index contributed by atoms with van der Waals surface area (Å²) in [5.74, 6) is -0.453. The van der Waals surface area contributed by atoms with E-state index in [0.29, 0.717) is 16.6 Å². The summed E-state index contributed by atoms with van der Waals surface area (Å²) in [4.78, 5) is 10.3. The molecule has 0 fully saturated rings. The lowest BCUT2D eigenvalue weighted by Crippen LogP contribution is -2.02. The molecule has 0 radical (unpaired) electrons. The molecule has 0 saturated heterocycles. The minimum Gasteiger partial charge on any atom is -0.492 e. The molecule has 0 spiro atoms. The minimum absolute atomic E-state index is 0.0196. The summed E-state index contributed by atoms with van der Waals surface area (Å²) >= 11 is 3.16. The zero-order valence-electron chi connectivity index (χ0n) is 9.10. The predicted molar refractivity (Wildman–Crippen MR) is 69.5 cm³/mol. The van der Waals surface area contributed by atoms with E-state index in [1.165, 1.54) is 18.2 Å². The van der Waals surface area contributed by atoms with Crippen LogP contribution >= 0.6 is 26.6 Å². The molecule has 0 aliphatic heterocycles. The zero-order chi connectivity index (χ0) is 13.8. The highest BCUT2D eigenvalue weighted by atomic mass is 79.9. The van der Waals surface area contributed by atoms with Gasteiger partial charge in [0.05, 0.1) is 16.0 Å². The summed E-state index contributed by atoms with van der Waals surface area (Å²) in [5.41, 5.74) is 0. The smallest absolute Gasteiger partial charge is 0.303 e. The van der Waals surface area contributed by atoms with Crippen LogP contribution in [0.4, 0.5) is 0 Å². The fraction of sp³-hybridized carbons (Fsp3) is 0.300. The highest BCUT2D eigenvalue weighted by Crippen LogP contribution is 2.29. The van der Waals surface area contributed by atoms with E-state index in [-0.39, 0.29) is 17.9 Å². The Labute approximate surface area is 117 Å². The third-order valence-corrected chi connectivity index (χ3v) is 3.95. The Balaban J connectivity index is 2.66. The summed E-state index contributed by atoms with van der Waals surface area (Å²) < 4.78 is 27.9. The van der Waals surface area contributed by atoms with Crippen molar-refractivity contribution in [3.63, 3.8) is 0 Å². The fourth-order valence-electron chi connectivity index (χ4n) is 1.16. The molecule has 1 aromatic carbocycles. The van der Waals surface area contributed by atoms with Crippen LogP contribution in [-0.4, -0.2) is 26.1 Å². The van der Waals surface area contributed by atoms with Gasteiger partial charge in [-0.1, -0.05) is 0 Å². The van der Waals surface area contributed by atoms with Gasteiger partial charge >= 0.3 is 5.97 Å². The Morgan fingerprint density at radius 1 is 1.44 bits per heavy atom. The predicted octanol–water partition coefficient (Wildman–Crippen LogP) is 2.62. The molecule has 0 unspecified atom stereocenters. The quantitative estimate of drug-likeness (QED) is 0.625. The van der Waals surface area contributed by atoms with E-state index >= 15 is 0 Å². The van der Waals surface area contributed by atoms with E-state index in [0.717, 1.165) is 0 Å². The van der Waals surface area contributed by atoms with Gasteiger partial charge in [0.25, 0.3) is 9.05 Å². The topological polar surface area (TPSA) is 80.7 Å². The molecular weight excluding hydrogens is 348 g/mol. The van der Waals surface area contributed by atoms with Crippen molar-refractivity contribution in [2.75, 3.05) is 6.61 Å². The average molecular weight is 358 g/mol. The number of ether oxygens (including phenoxy) is 1. The molecule has 0 heterocycles. The summed E-state index contributed by atoms with van der Waals surface area (Å²) in [6.07, 6.45) is 0.392. The van der Waals surface area contributed by atoms with E-state index in [1.54, 1.807) is 0 Å². The highest BCUT2D eigenvalue weighted by Gasteiger charge is 2.12. The SMILES string of the molecule is O=C(O)CCCOc1ccc(S(=O)(=O)Cl)cc1Br. The molecule has 1 aromatic rings. The number of hydrogen-bond donors (Lipinski definition) is 1. The molecule has 5 nitrogen and oxygen atoms in total. The van der Waals surface area contributed by atoms with E-state index in [1.807, 2.05) is 0 Å². The van der Waals surface area contributed by atoms with Crippen LogP contribution in [0, 0.1) is 0 Å². The maximum atomic E-state index is 11.1. The van der Waals surface area contributed by atoms with Crippen LogP contribution in [-0.2, 0) is 13.8 Å². The van der Waals surface area contributed by atoms with Crippen LogP contribution in [0.25, 0.3) is 0 Å². The van der Waals surface area contributed by atoms with Gasteiger partial charge in [-0.3, -0.25) is 4.79 Å². The number of aliphatic carboxylic acids is 1. The molecule has 1 N–H and O–H groups in total. The number of carbonyl (C=O) groups is 1. The Hall–Kier alpha value is -0.790. The number of carboxylic acids is 1. The summed E-state index contributed by atoms with van der Waals surface area (Å²) in [6, 6.07) is 4.11. The van der Waals surface area contributed by atoms with Gasteiger partial charge in [-0.15, -0.1) is 0 Å². The average Bonchev–Trinajstić information content (AvgIpc) is 2.24. The largest absolute Gasteiger partial charge is 0.492 e. The Morgan fingerprint density at radius 2 is 2.11 bits per heavy atom. The molecule has 0 bridgehead atoms. The summed E-state index contributed by atoms with van der Waals surface area (Å²) in [7, 11) is 1.42. The summed E-state index contributed by atoms with van der Waals surface area (Å²) in [5, 5.41) is 8.45. The van der Waals surface area contributed by atoms with E-state index in [9.17, 15) is 13.2 Å². The standard InChI is InChI=1S/C10H10BrClO5S/c11-8-6-7(18(12,15)16)3-4-9(8)17-5-1-2-10(13)14/h3-4,6H,1-2,5H2,(H,13,14). The van der Waals surface area contributed by atoms with Crippen LogP contribution in [0.3, 0.4) is 0 Å². The van der Waals surface area contributed by atoms with Crippen molar-refractivity contribution in [2.24, 2.45) is 0 Å². The van der Waals surface area contributed by atoms with Crippen LogP contribution in [0.5, 0.6) is 5.75 Å². The second kappa shape index (κ2) is 6.40. The van der Waals surface area contributed by atoms with Gasteiger partial charge in [0.15, 0.2) is 0 Å². The van der Waals surface area contributed by atoms with Crippen molar-refractivity contribution in [3.05, 3.63) is 22.7 Å². The lowest BCUT2D eigenvalue weighted by molar-refractivity contribution is -0.137. The van der Waals surface area contributed by atoms with Crippen LogP contribution < -0.4 is 4.74 Å². The zero-order valence-corrected chi connectivity index (χ0v) is 12.3. The number of hydrogen-bond acceptors (Lipinski definition) is 4. The molecule has 0 amide bonds. The van der Waals surface area contributed by atoms with Crippen LogP contribution in [0.15, 0.2) is 27.6 Å². The van der Waals surface area contributed by atoms with E-state index in [2.05, 4.69) is 15.9 Å². The minimum atomic E-state index is -3.77. The first kappa shape index (κ1) is 15.3. The molecule has 0 aliphatic rings. The summed E-state index contributed by atoms with van der Waals surface area (Å²) in [6.45, 7) is 0.234. The van der Waals surface area contributed by atoms with E-state index in [4.69, 9.17) is 20.5 Å². The van der Waals surface area contributed by atoms with Crippen molar-refractivity contribution in [2.45, 2.75) is 17.7 Å². The number of rotatable bonds is 6. The molecule has 1 rings (SSSR count). The van der Waals surface area contributed by atoms with Crippen LogP contribution in [0.1, 0.15) is 12.8 Å². The molecular formula is C10H10BrClO5S. The van der Waals surface area contributed by atoms with E-state index < -0.39 is 15.0 Å². The number of halogens is 2. The molecule has 0 aliphatic carbocycles. The molecule has 100 valence electrons. The van der Waals surface area contributed by atoms with Crippen molar-refractivity contribution >= 4 is 41.6 Å². The van der Waals surface area contributed by atoms with Gasteiger partial charge < -0.3 is 9.84 Å². The molecule has 0 aromatic heterocycles. The molecule has 18 heavy (non-hydrogen) atoms. The van der Waals surface area contributed by atoms with Gasteiger partial charge in [0.2, 0.25) is 0 Å². The van der Waals surface area contributed by atoms with Crippen molar-refractivity contribution in [1.82, 2.24) is 0 Å². The van der Waals surface area contributed by atoms with Gasteiger partial charge in [-0.2, -0.15) is 0 Å². The highest BCUT2D eigenvalue weighted by molar-refractivity contribution is 9.10. The number of carboxylic acid groups (broad SMARTS) is 1. The fourth-order valence-corrected chi connectivity index (χ4v) is 2.58. The third-order valence-electron chi connectivity index (χ3n) is 1.98. The maximum absolute atomic E-state index is 11.1. The Morgan fingerprint density at radius 3 is 2.61 bits per heavy atom. The Bertz CT molecular complexity index is 543. The number of benzene rings is 1. The lowest BCUT2D eigenvalue weighted by Gasteiger charge is -2.08. The van der Waals surface area contributed by atoms with Crippen LogP contribution in [0.2, 0.25) is 0 Å². The first-order valence-electron chi connectivity index (χ1n) is 4.89. The molecule has 0 atom stereocenters. The second-order valence-electron chi connectivity index (χ2n) is 3.38. The van der Waals surface area contributed by atoms with Gasteiger partial charge in [0, 0.05) is 17.1 Å². The first-order valence-corrected chi connectivity index (χ1v) is 8.00. The van der Waals surface area contributed by atoms with Crippen molar-refractivity contribution in [3.8, 4) is 5.75 Å². The Kier molecular flexibility index (Phi) is 5.43. The van der Waals surface area contributed by atoms with Gasteiger partial charge in [-0.05, 0) is 40.5 Å². The van der Waals surface area contributed by atoms with Gasteiger partial charge in [0.1, 0.15) is 5.75 Å². The van der Waals surface area contributed by atoms with Crippen molar-refractivity contribution < 1.29 is 23.1 Å². The second-order valence-corrected chi connectivity index (χ2v) is 6.80. The first-order chi connectivity index (χ1) is 8.30. The van der Waals surface area contributed by atoms with Gasteiger partial charge in [-0.25, -0.2) is 8.42 Å². The maximum Gasteiger partial charge on any atom is 0.303 e.